The van der Waals surface area contributed by atoms with Crippen LogP contribution in [0.5, 0.6) is 0 Å². The molecule has 0 radical (unpaired) electrons. The van der Waals surface area contributed by atoms with Gasteiger partial charge < -0.3 is 0 Å². The number of sulfone groups is 1. The summed E-state index contributed by atoms with van der Waals surface area (Å²) in [6, 6.07) is 2.27. The molecule has 0 unspecified atom stereocenters. The van der Waals surface area contributed by atoms with E-state index in [9.17, 15) is 21.6 Å². The average molecular weight is 403 g/mol. The largest absolute Gasteiger partial charge is 0.419 e. The number of aromatic amines is 1. The lowest BCUT2D eigenvalue weighted by molar-refractivity contribution is -0.367. The van der Waals surface area contributed by atoms with E-state index in [0.717, 1.165) is 29.2 Å². The van der Waals surface area contributed by atoms with Crippen molar-refractivity contribution in [2.24, 2.45) is 0 Å². The number of halogens is 3. The summed E-state index contributed by atoms with van der Waals surface area (Å²) in [7, 11) is -1.24. The highest BCUT2D eigenvalue weighted by Gasteiger charge is 2.33. The molecule has 6 nitrogen and oxygen atoms in total. The minimum Gasteiger partial charge on any atom is -0.265 e. The van der Waals surface area contributed by atoms with Gasteiger partial charge in [-0.2, -0.15) is 18.3 Å². The maximum absolute atomic E-state index is 12.7. The third kappa shape index (κ3) is 4.10. The molecule has 148 valence electrons. The molecular formula is C17H22F3N4O2S+. The lowest BCUT2D eigenvalue weighted by Gasteiger charge is -2.14. The molecule has 2 aromatic heterocycles. The third-order valence-electron chi connectivity index (χ3n) is 4.96. The molecule has 1 saturated heterocycles. The molecule has 0 saturated carbocycles. The zero-order valence-corrected chi connectivity index (χ0v) is 16.2. The number of rotatable bonds is 4. The van der Waals surface area contributed by atoms with Gasteiger partial charge in [-0.1, -0.05) is 0 Å². The average Bonchev–Trinajstić information content (AvgIpc) is 3.07. The maximum atomic E-state index is 12.7. The maximum Gasteiger partial charge on any atom is 0.419 e. The van der Waals surface area contributed by atoms with Crippen molar-refractivity contribution in [1.29, 1.82) is 0 Å². The van der Waals surface area contributed by atoms with Crippen molar-refractivity contribution in [3.05, 3.63) is 40.8 Å². The first kappa shape index (κ1) is 19.7. The number of H-pyrrole nitrogens is 1. The van der Waals surface area contributed by atoms with E-state index in [2.05, 4.69) is 10.1 Å². The fourth-order valence-corrected chi connectivity index (χ4v) is 5.09. The van der Waals surface area contributed by atoms with Gasteiger partial charge in [0.05, 0.1) is 35.9 Å². The number of aromatic nitrogens is 3. The second-order valence-corrected chi connectivity index (χ2v) is 9.20. The predicted molar refractivity (Wildman–Crippen MR) is 94.1 cm³/mol. The molecule has 0 aromatic carbocycles. The number of aryl methyl sites for hydroxylation is 1. The fraction of sp³-hybridized carbons (Fsp3) is 0.529. The van der Waals surface area contributed by atoms with Crippen LogP contribution < -0.4 is 9.88 Å². The monoisotopic (exact) mass is 403 g/mol. The van der Waals surface area contributed by atoms with E-state index in [-0.39, 0.29) is 17.5 Å². The highest BCUT2D eigenvalue weighted by Crippen LogP contribution is 2.29. The summed E-state index contributed by atoms with van der Waals surface area (Å²) < 4.78 is 63.3. The van der Waals surface area contributed by atoms with Crippen LogP contribution in [0.1, 0.15) is 35.0 Å². The van der Waals surface area contributed by atoms with Gasteiger partial charge in [0, 0.05) is 17.3 Å². The van der Waals surface area contributed by atoms with Gasteiger partial charge in [0.2, 0.25) is 0 Å². The Bertz CT molecular complexity index is 936. The third-order valence-corrected chi connectivity index (χ3v) is 6.71. The van der Waals surface area contributed by atoms with E-state index in [1.165, 1.54) is 6.07 Å². The van der Waals surface area contributed by atoms with Gasteiger partial charge in [-0.15, -0.1) is 0 Å². The Kier molecular flexibility index (Phi) is 4.96. The molecule has 3 heterocycles. The quantitative estimate of drug-likeness (QED) is 0.786. The first-order chi connectivity index (χ1) is 12.5. The van der Waals surface area contributed by atoms with Gasteiger partial charge >= 0.3 is 6.18 Å². The van der Waals surface area contributed by atoms with Crippen LogP contribution in [0.15, 0.2) is 18.3 Å². The van der Waals surface area contributed by atoms with Gasteiger partial charge in [0.25, 0.3) is 5.82 Å². The molecule has 1 aliphatic rings. The number of hydrogen-bond donors (Lipinski definition) is 0. The van der Waals surface area contributed by atoms with E-state index in [0.29, 0.717) is 18.8 Å². The fourth-order valence-electron chi connectivity index (χ4n) is 3.40. The zero-order valence-electron chi connectivity index (χ0n) is 15.3. The standard InChI is InChI=1S/C17H21F3N4O2S/c1-11-15(12(2)24(22-11)14-6-7-27(25,26)10-14)9-23(3)16-5-4-13(8-21-16)17(18,19)20/h4-5,8,14H,6-7,9-10H2,1-3H3/p+1/t14-/m0/s1. The molecule has 27 heavy (non-hydrogen) atoms. The minimum atomic E-state index is -4.39. The smallest absolute Gasteiger partial charge is 0.265 e. The van der Waals surface area contributed by atoms with Crippen LogP contribution in [0, 0.1) is 13.8 Å². The highest BCUT2D eigenvalue weighted by atomic mass is 32.2. The number of nitrogens with one attached hydrogen (secondary N) is 1. The number of anilines is 1. The molecular weight excluding hydrogens is 381 g/mol. The van der Waals surface area contributed by atoms with Crippen molar-refractivity contribution in [2.45, 2.75) is 39.0 Å². The van der Waals surface area contributed by atoms with Crippen molar-refractivity contribution >= 4 is 15.7 Å². The Hall–Kier alpha value is -2.10. The lowest BCUT2D eigenvalue weighted by atomic mass is 10.1. The molecule has 1 atom stereocenters. The van der Waals surface area contributed by atoms with Crippen LogP contribution in [0.3, 0.4) is 0 Å². The number of alkyl halides is 3. The molecule has 10 heteroatoms. The van der Waals surface area contributed by atoms with Crippen molar-refractivity contribution in [1.82, 2.24) is 9.78 Å². The van der Waals surface area contributed by atoms with Gasteiger partial charge in [0.1, 0.15) is 12.7 Å². The Morgan fingerprint density at radius 1 is 1.33 bits per heavy atom. The second kappa shape index (κ2) is 6.81. The zero-order chi connectivity index (χ0) is 20.0. The van der Waals surface area contributed by atoms with E-state index in [1.807, 2.05) is 13.8 Å². The Morgan fingerprint density at radius 2 is 2.04 bits per heavy atom. The second-order valence-electron chi connectivity index (χ2n) is 6.97. The molecule has 2 aromatic rings. The van der Waals surface area contributed by atoms with Gasteiger partial charge in [-0.05, 0) is 26.3 Å². The van der Waals surface area contributed by atoms with Crippen molar-refractivity contribution < 1.29 is 26.6 Å². The first-order valence-electron chi connectivity index (χ1n) is 8.53. The molecule has 1 N–H and O–H groups in total. The summed E-state index contributed by atoms with van der Waals surface area (Å²) in [6.07, 6.45) is -2.89. The van der Waals surface area contributed by atoms with E-state index >= 15 is 0 Å². The molecule has 0 bridgehead atoms. The molecule has 0 spiro atoms. The number of pyridine rings is 1. The lowest BCUT2D eigenvalue weighted by Crippen LogP contribution is -2.26. The topological polar surface area (TPSA) is 69.3 Å². The van der Waals surface area contributed by atoms with Crippen LogP contribution in [-0.4, -0.2) is 36.8 Å². The summed E-state index contributed by atoms with van der Waals surface area (Å²) in [4.78, 5) is 4.47. The van der Waals surface area contributed by atoms with Crippen LogP contribution >= 0.6 is 0 Å². The Morgan fingerprint density at radius 3 is 2.56 bits per heavy atom. The summed E-state index contributed by atoms with van der Waals surface area (Å²) >= 11 is 0. The summed E-state index contributed by atoms with van der Waals surface area (Å²) in [5, 5.41) is 4.52. The van der Waals surface area contributed by atoms with Gasteiger partial charge in [-0.25, -0.2) is 13.4 Å². The number of hydrogen-bond acceptors (Lipinski definition) is 4. The minimum absolute atomic E-state index is 0.0942. The summed E-state index contributed by atoms with van der Waals surface area (Å²) in [5.41, 5.74) is 1.88. The number of nitrogens with zero attached hydrogens (tertiary/aromatic N) is 3. The molecule has 0 aliphatic carbocycles. The normalized spacial score (nSPS) is 19.4. The van der Waals surface area contributed by atoms with E-state index in [1.54, 1.807) is 16.6 Å². The van der Waals surface area contributed by atoms with Gasteiger partial charge in [0.15, 0.2) is 9.84 Å². The first-order valence-corrected chi connectivity index (χ1v) is 10.3. The Labute approximate surface area is 155 Å². The molecule has 1 aliphatic heterocycles. The van der Waals surface area contributed by atoms with Crippen LogP contribution in [0.25, 0.3) is 0 Å². The van der Waals surface area contributed by atoms with Crippen molar-refractivity contribution in [3.63, 3.8) is 0 Å². The van der Waals surface area contributed by atoms with Crippen molar-refractivity contribution in [2.75, 3.05) is 23.5 Å². The summed E-state index contributed by atoms with van der Waals surface area (Å²) in [5.74, 6) is 0.806. The predicted octanol–water partition coefficient (Wildman–Crippen LogP) is 2.33. The van der Waals surface area contributed by atoms with E-state index < -0.39 is 21.6 Å². The summed E-state index contributed by atoms with van der Waals surface area (Å²) in [6.45, 7) is 4.19. The van der Waals surface area contributed by atoms with E-state index in [4.69, 9.17) is 0 Å². The van der Waals surface area contributed by atoms with Gasteiger partial charge in [-0.3, -0.25) is 9.58 Å². The molecule has 3 rings (SSSR count). The van der Waals surface area contributed by atoms with Crippen LogP contribution in [0.2, 0.25) is 0 Å². The molecule has 1 fully saturated rings. The van der Waals surface area contributed by atoms with Crippen molar-refractivity contribution in [3.8, 4) is 0 Å². The Balaban J connectivity index is 1.79. The van der Waals surface area contributed by atoms with Crippen LogP contribution in [0.4, 0.5) is 19.0 Å². The van der Waals surface area contributed by atoms with Crippen LogP contribution in [-0.2, 0) is 22.6 Å². The highest BCUT2D eigenvalue weighted by molar-refractivity contribution is 7.91. The molecule has 0 amide bonds. The SMILES string of the molecule is Cc1nn([C@H]2CCS(=O)(=O)C2)c(C)c1CN(C)c1ccc(C(F)(F)F)c[nH+]1.